The molecule has 2 atom stereocenters. The van der Waals surface area contributed by atoms with Crippen molar-refractivity contribution in [3.05, 3.63) is 0 Å². The molecule has 3 fully saturated rings. The largest absolute Gasteiger partial charge is 0.376 e. The van der Waals surface area contributed by atoms with E-state index >= 15 is 0 Å². The molecule has 1 amide bonds. The van der Waals surface area contributed by atoms with Crippen molar-refractivity contribution in [1.82, 2.24) is 15.5 Å². The molecule has 2 heterocycles. The second-order valence-corrected chi connectivity index (χ2v) is 7.27. The van der Waals surface area contributed by atoms with E-state index in [4.69, 9.17) is 9.47 Å². The van der Waals surface area contributed by atoms with Crippen LogP contribution in [0, 0.1) is 5.92 Å². The van der Waals surface area contributed by atoms with Crippen LogP contribution in [0.1, 0.15) is 38.5 Å². The molecule has 1 saturated carbocycles. The summed E-state index contributed by atoms with van der Waals surface area (Å²) in [5.74, 6) is 1.39. The fraction of sp³-hybridized carbons (Fsp3) is 0.889. The van der Waals surface area contributed by atoms with Gasteiger partial charge in [-0.05, 0) is 19.3 Å². The van der Waals surface area contributed by atoms with E-state index in [2.05, 4.69) is 15.6 Å². The summed E-state index contributed by atoms with van der Waals surface area (Å²) in [6, 6.07) is 0.266. The Bertz CT molecular complexity index is 465. The summed E-state index contributed by atoms with van der Waals surface area (Å²) in [7, 11) is 1.77. The first kappa shape index (κ1) is 21.7. The van der Waals surface area contributed by atoms with Gasteiger partial charge in [-0.25, -0.2) is 0 Å². The molecule has 2 saturated heterocycles. The molecule has 2 N–H and O–H groups in total. The van der Waals surface area contributed by atoms with Crippen molar-refractivity contribution < 1.29 is 14.3 Å². The highest BCUT2D eigenvalue weighted by Crippen LogP contribution is 2.26. The van der Waals surface area contributed by atoms with Gasteiger partial charge < -0.3 is 25.0 Å². The summed E-state index contributed by atoms with van der Waals surface area (Å²) >= 11 is 0. The van der Waals surface area contributed by atoms with Crippen molar-refractivity contribution in [3.63, 3.8) is 0 Å². The average molecular weight is 480 g/mol. The van der Waals surface area contributed by atoms with Crippen molar-refractivity contribution in [2.24, 2.45) is 10.9 Å². The van der Waals surface area contributed by atoms with Gasteiger partial charge >= 0.3 is 0 Å². The summed E-state index contributed by atoms with van der Waals surface area (Å²) in [5.41, 5.74) is 0. The van der Waals surface area contributed by atoms with Gasteiger partial charge in [-0.15, -0.1) is 24.0 Å². The summed E-state index contributed by atoms with van der Waals surface area (Å²) in [4.78, 5) is 19.0. The Labute approximate surface area is 173 Å². The quantitative estimate of drug-likeness (QED) is 0.361. The molecular formula is C18H33IN4O3. The molecule has 26 heavy (non-hydrogen) atoms. The number of carbonyl (C=O) groups is 1. The van der Waals surface area contributed by atoms with Crippen LogP contribution in [-0.2, 0) is 14.3 Å². The minimum atomic E-state index is 0. The third kappa shape index (κ3) is 6.23. The molecule has 2 unspecified atom stereocenters. The zero-order valence-electron chi connectivity index (χ0n) is 15.7. The van der Waals surface area contributed by atoms with E-state index in [0.717, 1.165) is 38.3 Å². The van der Waals surface area contributed by atoms with E-state index in [0.29, 0.717) is 32.3 Å². The zero-order chi connectivity index (χ0) is 17.5. The van der Waals surface area contributed by atoms with Crippen LogP contribution in [0.15, 0.2) is 4.99 Å². The molecule has 0 aromatic heterocycles. The lowest BCUT2D eigenvalue weighted by Crippen LogP contribution is -2.48. The standard InChI is InChI=1S/C18H32N4O3.HI/c1-19-18(20-11-16-13-24-9-10-25-16)21-15-7-8-22(12-15)17(23)14-5-3-2-4-6-14;/h14-16H,2-13H2,1H3,(H2,19,20,21);1H. The molecule has 0 aromatic carbocycles. The normalized spacial score (nSPS) is 27.7. The minimum Gasteiger partial charge on any atom is -0.376 e. The predicted molar refractivity (Wildman–Crippen MR) is 112 cm³/mol. The summed E-state index contributed by atoms with van der Waals surface area (Å²) in [6.45, 7) is 4.26. The second kappa shape index (κ2) is 11.3. The maximum absolute atomic E-state index is 12.7. The fourth-order valence-corrected chi connectivity index (χ4v) is 3.94. The number of carbonyl (C=O) groups excluding carboxylic acids is 1. The predicted octanol–water partition coefficient (Wildman–Crippen LogP) is 1.37. The lowest BCUT2D eigenvalue weighted by Gasteiger charge is -2.27. The van der Waals surface area contributed by atoms with Crippen LogP contribution in [0.3, 0.4) is 0 Å². The number of ether oxygens (including phenoxy) is 2. The molecule has 1 aliphatic carbocycles. The number of nitrogens with one attached hydrogen (secondary N) is 2. The number of rotatable bonds is 4. The van der Waals surface area contributed by atoms with Crippen LogP contribution in [0.25, 0.3) is 0 Å². The number of aliphatic imine (C=N–C) groups is 1. The van der Waals surface area contributed by atoms with E-state index in [1.54, 1.807) is 7.05 Å². The Morgan fingerprint density at radius 2 is 2.00 bits per heavy atom. The highest BCUT2D eigenvalue weighted by molar-refractivity contribution is 14.0. The van der Waals surface area contributed by atoms with E-state index in [1.165, 1.54) is 19.3 Å². The third-order valence-corrected chi connectivity index (χ3v) is 5.40. The first-order valence-corrected chi connectivity index (χ1v) is 9.71. The Balaban J connectivity index is 0.00000243. The first-order chi connectivity index (χ1) is 12.3. The molecule has 2 aliphatic heterocycles. The molecule has 3 aliphatic rings. The molecular weight excluding hydrogens is 447 g/mol. The summed E-state index contributed by atoms with van der Waals surface area (Å²) in [6.07, 6.45) is 6.87. The zero-order valence-corrected chi connectivity index (χ0v) is 18.1. The Hall–Kier alpha value is -0.610. The number of hydrogen-bond acceptors (Lipinski definition) is 4. The van der Waals surface area contributed by atoms with Gasteiger partial charge in [0.2, 0.25) is 5.91 Å². The van der Waals surface area contributed by atoms with Gasteiger partial charge in [0, 0.05) is 38.6 Å². The van der Waals surface area contributed by atoms with Gasteiger partial charge in [-0.3, -0.25) is 9.79 Å². The number of likely N-dealkylation sites (tertiary alicyclic amines) is 1. The first-order valence-electron chi connectivity index (χ1n) is 9.71. The van der Waals surface area contributed by atoms with Crippen LogP contribution < -0.4 is 10.6 Å². The third-order valence-electron chi connectivity index (χ3n) is 5.40. The van der Waals surface area contributed by atoms with Crippen LogP contribution in [0.4, 0.5) is 0 Å². The summed E-state index contributed by atoms with van der Waals surface area (Å²) in [5, 5.41) is 6.75. The van der Waals surface area contributed by atoms with Gasteiger partial charge in [0.1, 0.15) is 0 Å². The van der Waals surface area contributed by atoms with Crippen LogP contribution in [0.5, 0.6) is 0 Å². The molecule has 150 valence electrons. The van der Waals surface area contributed by atoms with Crippen molar-refractivity contribution in [2.75, 3.05) is 46.5 Å². The van der Waals surface area contributed by atoms with Gasteiger partial charge in [0.15, 0.2) is 5.96 Å². The minimum absolute atomic E-state index is 0. The number of nitrogens with zero attached hydrogens (tertiary/aromatic N) is 2. The lowest BCUT2D eigenvalue weighted by molar-refractivity contribution is -0.135. The summed E-state index contributed by atoms with van der Waals surface area (Å²) < 4.78 is 11.0. The Kier molecular flexibility index (Phi) is 9.41. The molecule has 7 nitrogen and oxygen atoms in total. The Morgan fingerprint density at radius 3 is 2.69 bits per heavy atom. The smallest absolute Gasteiger partial charge is 0.225 e. The van der Waals surface area contributed by atoms with Gasteiger partial charge in [0.05, 0.1) is 25.9 Å². The molecule has 0 spiro atoms. The molecule has 8 heteroatoms. The van der Waals surface area contributed by atoms with Crippen molar-refractivity contribution >= 4 is 35.8 Å². The number of guanidine groups is 1. The van der Waals surface area contributed by atoms with E-state index in [-0.39, 0.29) is 42.0 Å². The fourth-order valence-electron chi connectivity index (χ4n) is 3.94. The monoisotopic (exact) mass is 480 g/mol. The van der Waals surface area contributed by atoms with Crippen molar-refractivity contribution in [3.8, 4) is 0 Å². The lowest BCUT2D eigenvalue weighted by atomic mass is 9.88. The van der Waals surface area contributed by atoms with E-state index < -0.39 is 0 Å². The van der Waals surface area contributed by atoms with E-state index in [1.807, 2.05) is 4.90 Å². The maximum atomic E-state index is 12.7. The number of amides is 1. The SMILES string of the molecule is CN=C(NCC1COCCO1)NC1CCN(C(=O)C2CCCCC2)C1.I. The maximum Gasteiger partial charge on any atom is 0.225 e. The topological polar surface area (TPSA) is 75.2 Å². The number of hydrogen-bond donors (Lipinski definition) is 2. The molecule has 0 bridgehead atoms. The van der Waals surface area contributed by atoms with Crippen LogP contribution >= 0.6 is 24.0 Å². The highest BCUT2D eigenvalue weighted by atomic mass is 127. The van der Waals surface area contributed by atoms with Crippen LogP contribution in [0.2, 0.25) is 0 Å². The molecule has 0 aromatic rings. The number of halogens is 1. The molecule has 3 rings (SSSR count). The van der Waals surface area contributed by atoms with Gasteiger partial charge in [-0.2, -0.15) is 0 Å². The van der Waals surface area contributed by atoms with E-state index in [9.17, 15) is 4.79 Å². The van der Waals surface area contributed by atoms with Gasteiger partial charge in [-0.1, -0.05) is 19.3 Å². The Morgan fingerprint density at radius 1 is 1.19 bits per heavy atom. The van der Waals surface area contributed by atoms with Crippen LogP contribution in [-0.4, -0.2) is 75.4 Å². The van der Waals surface area contributed by atoms with Gasteiger partial charge in [0.25, 0.3) is 0 Å². The molecule has 0 radical (unpaired) electrons. The van der Waals surface area contributed by atoms with Crippen molar-refractivity contribution in [2.45, 2.75) is 50.7 Å². The van der Waals surface area contributed by atoms with Crippen molar-refractivity contribution in [1.29, 1.82) is 0 Å². The highest BCUT2D eigenvalue weighted by Gasteiger charge is 2.31. The second-order valence-electron chi connectivity index (χ2n) is 7.27. The average Bonchev–Trinajstić information content (AvgIpc) is 3.14.